The molecule has 0 amide bonds. The summed E-state index contributed by atoms with van der Waals surface area (Å²) in [6, 6.07) is 0. The molecule has 0 radical (unpaired) electrons. The minimum absolute atomic E-state index is 0.00518. The average molecular weight is 200 g/mol. The lowest BCUT2D eigenvalue weighted by Crippen LogP contribution is -2.21. The van der Waals surface area contributed by atoms with Crippen LogP contribution in [0.4, 0.5) is 0 Å². The molecule has 0 saturated carbocycles. The Morgan fingerprint density at radius 3 is 2.21 bits per heavy atom. The topological polar surface area (TPSA) is 43.4 Å². The third-order valence-electron chi connectivity index (χ3n) is 2.39. The minimum atomic E-state index is -0.202. The summed E-state index contributed by atoms with van der Waals surface area (Å²) in [5, 5.41) is 0. The van der Waals surface area contributed by atoms with Gasteiger partial charge in [-0.05, 0) is 26.7 Å². The fraction of sp³-hybridized carbons (Fsp3) is 0.818. The number of esters is 1. The predicted molar refractivity (Wildman–Crippen MR) is 54.9 cm³/mol. The summed E-state index contributed by atoms with van der Waals surface area (Å²) in [5.41, 5.74) is 0. The number of ketones is 1. The van der Waals surface area contributed by atoms with Crippen molar-refractivity contribution < 1.29 is 14.3 Å². The number of Topliss-reactive ketones (excluding diaryl/α,β-unsaturated/α-hetero) is 1. The van der Waals surface area contributed by atoms with Crippen LogP contribution in [0, 0.1) is 11.8 Å². The van der Waals surface area contributed by atoms with Gasteiger partial charge in [0.25, 0.3) is 0 Å². The van der Waals surface area contributed by atoms with Crippen molar-refractivity contribution in [3.63, 3.8) is 0 Å². The molecular formula is C11H20O3. The van der Waals surface area contributed by atoms with E-state index in [0.717, 1.165) is 6.42 Å². The van der Waals surface area contributed by atoms with Gasteiger partial charge in [0.2, 0.25) is 0 Å². The molecular weight excluding hydrogens is 180 g/mol. The molecule has 0 spiro atoms. The minimum Gasteiger partial charge on any atom is -0.466 e. The van der Waals surface area contributed by atoms with Crippen LogP contribution in [-0.4, -0.2) is 18.4 Å². The van der Waals surface area contributed by atoms with Gasteiger partial charge in [0.05, 0.1) is 12.5 Å². The highest BCUT2D eigenvalue weighted by Crippen LogP contribution is 2.17. The summed E-state index contributed by atoms with van der Waals surface area (Å²) >= 11 is 0. The molecule has 3 heteroatoms. The van der Waals surface area contributed by atoms with E-state index in [0.29, 0.717) is 13.0 Å². The Kier molecular flexibility index (Phi) is 6.17. The van der Waals surface area contributed by atoms with Crippen molar-refractivity contribution in [1.29, 1.82) is 0 Å². The molecule has 0 aromatic heterocycles. The van der Waals surface area contributed by atoms with Crippen LogP contribution in [0.3, 0.4) is 0 Å². The standard InChI is InChI=1S/C11H20O3/c1-5-10(9(4)12)7-8(3)11(13)14-6-2/h8,10H,5-7H2,1-4H3. The zero-order valence-electron chi connectivity index (χ0n) is 9.50. The molecule has 0 rings (SSSR count). The van der Waals surface area contributed by atoms with E-state index in [2.05, 4.69) is 0 Å². The van der Waals surface area contributed by atoms with Gasteiger partial charge in [0.1, 0.15) is 5.78 Å². The summed E-state index contributed by atoms with van der Waals surface area (Å²) in [4.78, 5) is 22.4. The van der Waals surface area contributed by atoms with Crippen LogP contribution in [0.25, 0.3) is 0 Å². The zero-order valence-corrected chi connectivity index (χ0v) is 9.50. The Labute approximate surface area is 85.8 Å². The van der Waals surface area contributed by atoms with E-state index in [-0.39, 0.29) is 23.6 Å². The predicted octanol–water partition coefficient (Wildman–Crippen LogP) is 2.19. The summed E-state index contributed by atoms with van der Waals surface area (Å²) in [5.74, 6) is -0.228. The lowest BCUT2D eigenvalue weighted by Gasteiger charge is -2.15. The molecule has 3 nitrogen and oxygen atoms in total. The average Bonchev–Trinajstić information content (AvgIpc) is 2.13. The Bertz CT molecular complexity index is 199. The highest BCUT2D eigenvalue weighted by molar-refractivity contribution is 5.79. The highest BCUT2D eigenvalue weighted by atomic mass is 16.5. The first-order valence-corrected chi connectivity index (χ1v) is 5.19. The first kappa shape index (κ1) is 13.1. The van der Waals surface area contributed by atoms with E-state index < -0.39 is 0 Å². The molecule has 0 heterocycles. The summed E-state index contributed by atoms with van der Waals surface area (Å²) < 4.78 is 4.88. The van der Waals surface area contributed by atoms with Crippen molar-refractivity contribution in [2.75, 3.05) is 6.61 Å². The van der Waals surface area contributed by atoms with Crippen LogP contribution in [0.5, 0.6) is 0 Å². The number of carbonyl (C=O) groups is 2. The van der Waals surface area contributed by atoms with E-state index >= 15 is 0 Å². The maximum Gasteiger partial charge on any atom is 0.308 e. The fourth-order valence-corrected chi connectivity index (χ4v) is 1.43. The zero-order chi connectivity index (χ0) is 11.1. The smallest absolute Gasteiger partial charge is 0.308 e. The maximum atomic E-state index is 11.3. The second kappa shape index (κ2) is 6.57. The second-order valence-electron chi connectivity index (χ2n) is 3.60. The summed E-state index contributed by atoms with van der Waals surface area (Å²) in [7, 11) is 0. The normalized spacial score (nSPS) is 14.6. The number of carbonyl (C=O) groups excluding carboxylic acids is 2. The van der Waals surface area contributed by atoms with E-state index in [4.69, 9.17) is 4.74 Å². The summed E-state index contributed by atoms with van der Waals surface area (Å²) in [6.07, 6.45) is 1.39. The van der Waals surface area contributed by atoms with Crippen LogP contribution in [-0.2, 0) is 14.3 Å². The van der Waals surface area contributed by atoms with Gasteiger partial charge in [-0.3, -0.25) is 9.59 Å². The van der Waals surface area contributed by atoms with Crippen LogP contribution < -0.4 is 0 Å². The van der Waals surface area contributed by atoms with Crippen molar-refractivity contribution in [2.45, 2.75) is 40.5 Å². The molecule has 0 aliphatic heterocycles. The van der Waals surface area contributed by atoms with Gasteiger partial charge in [0.15, 0.2) is 0 Å². The molecule has 0 aromatic rings. The van der Waals surface area contributed by atoms with Gasteiger partial charge in [-0.2, -0.15) is 0 Å². The molecule has 0 bridgehead atoms. The van der Waals surface area contributed by atoms with Gasteiger partial charge in [-0.15, -0.1) is 0 Å². The maximum absolute atomic E-state index is 11.3. The van der Waals surface area contributed by atoms with Crippen LogP contribution >= 0.6 is 0 Å². The van der Waals surface area contributed by atoms with Crippen molar-refractivity contribution >= 4 is 11.8 Å². The quantitative estimate of drug-likeness (QED) is 0.617. The van der Waals surface area contributed by atoms with Crippen molar-refractivity contribution in [3.8, 4) is 0 Å². The van der Waals surface area contributed by atoms with E-state index in [1.54, 1.807) is 13.8 Å². The van der Waals surface area contributed by atoms with E-state index in [1.165, 1.54) is 0 Å². The molecule has 0 aliphatic carbocycles. The number of ether oxygens (including phenoxy) is 1. The van der Waals surface area contributed by atoms with Crippen molar-refractivity contribution in [1.82, 2.24) is 0 Å². The molecule has 0 fully saturated rings. The molecule has 2 atom stereocenters. The van der Waals surface area contributed by atoms with Gasteiger partial charge in [-0.25, -0.2) is 0 Å². The van der Waals surface area contributed by atoms with Crippen LogP contribution in [0.1, 0.15) is 40.5 Å². The van der Waals surface area contributed by atoms with E-state index in [9.17, 15) is 9.59 Å². The molecule has 0 saturated heterocycles. The van der Waals surface area contributed by atoms with Gasteiger partial charge in [-0.1, -0.05) is 13.8 Å². The van der Waals surface area contributed by atoms with Gasteiger partial charge < -0.3 is 4.74 Å². The monoisotopic (exact) mass is 200 g/mol. The largest absolute Gasteiger partial charge is 0.466 e. The lowest BCUT2D eigenvalue weighted by atomic mass is 9.91. The highest BCUT2D eigenvalue weighted by Gasteiger charge is 2.21. The SMILES string of the molecule is CCOC(=O)C(C)CC(CC)C(C)=O. The van der Waals surface area contributed by atoms with Crippen LogP contribution in [0.2, 0.25) is 0 Å². The Morgan fingerprint density at radius 1 is 1.29 bits per heavy atom. The molecule has 0 N–H and O–H groups in total. The first-order valence-electron chi connectivity index (χ1n) is 5.19. The molecule has 14 heavy (non-hydrogen) atoms. The van der Waals surface area contributed by atoms with Crippen molar-refractivity contribution in [2.24, 2.45) is 11.8 Å². The first-order chi connectivity index (χ1) is 6.52. The summed E-state index contributed by atoms with van der Waals surface area (Å²) in [6.45, 7) is 7.53. The molecule has 0 aromatic carbocycles. The van der Waals surface area contributed by atoms with E-state index in [1.807, 2.05) is 13.8 Å². The Morgan fingerprint density at radius 2 is 1.86 bits per heavy atom. The fourth-order valence-electron chi connectivity index (χ4n) is 1.43. The number of rotatable bonds is 6. The molecule has 0 aliphatic rings. The van der Waals surface area contributed by atoms with Gasteiger partial charge >= 0.3 is 5.97 Å². The number of hydrogen-bond acceptors (Lipinski definition) is 3. The lowest BCUT2D eigenvalue weighted by molar-refractivity contribution is -0.148. The third-order valence-corrected chi connectivity index (χ3v) is 2.39. The van der Waals surface area contributed by atoms with Crippen molar-refractivity contribution in [3.05, 3.63) is 0 Å². The van der Waals surface area contributed by atoms with Gasteiger partial charge in [0, 0.05) is 5.92 Å². The Balaban J connectivity index is 4.08. The second-order valence-corrected chi connectivity index (χ2v) is 3.60. The number of hydrogen-bond donors (Lipinski definition) is 0. The Hall–Kier alpha value is -0.860. The third kappa shape index (κ3) is 4.40. The molecule has 2 unspecified atom stereocenters. The molecule has 82 valence electrons. The van der Waals surface area contributed by atoms with Crippen LogP contribution in [0.15, 0.2) is 0 Å².